The third-order valence-corrected chi connectivity index (χ3v) is 2.80. The molecule has 0 saturated heterocycles. The van der Waals surface area contributed by atoms with Crippen LogP contribution in [0.15, 0.2) is 12.1 Å². The molecule has 100 valence electrons. The van der Waals surface area contributed by atoms with Crippen molar-refractivity contribution < 1.29 is 0 Å². The summed E-state index contributed by atoms with van der Waals surface area (Å²) in [6, 6.07) is 4.74. The SMILES string of the molecule is CC.CC.CCc1cc(CC)c(CC)cc1C. The Morgan fingerprint density at radius 1 is 0.647 bits per heavy atom. The van der Waals surface area contributed by atoms with Crippen LogP contribution in [0.5, 0.6) is 0 Å². The molecule has 0 aliphatic rings. The average Bonchev–Trinajstić information content (AvgIpc) is 2.42. The van der Waals surface area contributed by atoms with Gasteiger partial charge in [0.05, 0.1) is 0 Å². The van der Waals surface area contributed by atoms with Gasteiger partial charge in [0, 0.05) is 0 Å². The second-order valence-corrected chi connectivity index (χ2v) is 3.61. The van der Waals surface area contributed by atoms with E-state index in [1.807, 2.05) is 27.7 Å². The van der Waals surface area contributed by atoms with Gasteiger partial charge in [0.15, 0.2) is 0 Å². The van der Waals surface area contributed by atoms with Crippen LogP contribution in [0.3, 0.4) is 0 Å². The van der Waals surface area contributed by atoms with Crippen molar-refractivity contribution in [2.45, 2.75) is 74.7 Å². The highest BCUT2D eigenvalue weighted by atomic mass is 14.1. The average molecular weight is 236 g/mol. The van der Waals surface area contributed by atoms with Gasteiger partial charge in [-0.05, 0) is 48.4 Å². The van der Waals surface area contributed by atoms with Crippen molar-refractivity contribution in [1.29, 1.82) is 0 Å². The lowest BCUT2D eigenvalue weighted by molar-refractivity contribution is 1.00. The Bertz CT molecular complexity index is 284. The van der Waals surface area contributed by atoms with Crippen LogP contribution >= 0.6 is 0 Å². The van der Waals surface area contributed by atoms with Gasteiger partial charge >= 0.3 is 0 Å². The highest BCUT2D eigenvalue weighted by Gasteiger charge is 2.03. The van der Waals surface area contributed by atoms with Crippen molar-refractivity contribution in [3.63, 3.8) is 0 Å². The van der Waals surface area contributed by atoms with Gasteiger partial charge in [-0.1, -0.05) is 60.6 Å². The van der Waals surface area contributed by atoms with E-state index in [9.17, 15) is 0 Å². The summed E-state index contributed by atoms with van der Waals surface area (Å²) >= 11 is 0. The lowest BCUT2D eigenvalue weighted by atomic mass is 9.95. The van der Waals surface area contributed by atoms with Crippen LogP contribution < -0.4 is 0 Å². The molecule has 1 aromatic carbocycles. The van der Waals surface area contributed by atoms with E-state index in [-0.39, 0.29) is 0 Å². The fourth-order valence-electron chi connectivity index (χ4n) is 1.90. The first-order chi connectivity index (χ1) is 8.22. The van der Waals surface area contributed by atoms with E-state index in [1.54, 1.807) is 0 Å². The molecule has 0 fully saturated rings. The van der Waals surface area contributed by atoms with E-state index in [1.165, 1.54) is 22.3 Å². The van der Waals surface area contributed by atoms with Crippen LogP contribution in [0.1, 0.15) is 70.7 Å². The summed E-state index contributed by atoms with van der Waals surface area (Å²) in [4.78, 5) is 0. The largest absolute Gasteiger partial charge is 0.0683 e. The summed E-state index contributed by atoms with van der Waals surface area (Å²) in [5.74, 6) is 0. The minimum atomic E-state index is 1.16. The second-order valence-electron chi connectivity index (χ2n) is 3.61. The Labute approximate surface area is 109 Å². The van der Waals surface area contributed by atoms with Crippen molar-refractivity contribution in [2.75, 3.05) is 0 Å². The first-order valence-corrected chi connectivity index (χ1v) is 7.34. The van der Waals surface area contributed by atoms with Crippen molar-refractivity contribution in [1.82, 2.24) is 0 Å². The van der Waals surface area contributed by atoms with E-state index in [0.717, 1.165) is 19.3 Å². The Hall–Kier alpha value is -0.780. The molecule has 0 nitrogen and oxygen atoms in total. The zero-order valence-corrected chi connectivity index (χ0v) is 13.3. The normalized spacial score (nSPS) is 8.71. The first kappa shape index (κ1) is 18.6. The summed E-state index contributed by atoms with van der Waals surface area (Å²) in [7, 11) is 0. The zero-order valence-electron chi connectivity index (χ0n) is 13.3. The van der Waals surface area contributed by atoms with Crippen LogP contribution in [0.25, 0.3) is 0 Å². The fourth-order valence-corrected chi connectivity index (χ4v) is 1.90. The Morgan fingerprint density at radius 3 is 1.35 bits per heavy atom. The van der Waals surface area contributed by atoms with Crippen molar-refractivity contribution in [2.24, 2.45) is 0 Å². The first-order valence-electron chi connectivity index (χ1n) is 7.34. The molecule has 0 aliphatic heterocycles. The van der Waals surface area contributed by atoms with E-state index >= 15 is 0 Å². The maximum absolute atomic E-state index is 2.38. The molecule has 0 bridgehead atoms. The third kappa shape index (κ3) is 5.91. The lowest BCUT2D eigenvalue weighted by Crippen LogP contribution is -1.96. The highest BCUT2D eigenvalue weighted by Crippen LogP contribution is 2.18. The van der Waals surface area contributed by atoms with Gasteiger partial charge in [-0.2, -0.15) is 0 Å². The van der Waals surface area contributed by atoms with Gasteiger partial charge in [0.1, 0.15) is 0 Å². The van der Waals surface area contributed by atoms with Crippen LogP contribution in [0.4, 0.5) is 0 Å². The summed E-state index contributed by atoms with van der Waals surface area (Å²) < 4.78 is 0. The predicted octanol–water partition coefficient (Wildman–Crippen LogP) is 5.73. The minimum Gasteiger partial charge on any atom is -0.0683 e. The monoisotopic (exact) mass is 236 g/mol. The molecule has 0 radical (unpaired) electrons. The van der Waals surface area contributed by atoms with E-state index < -0.39 is 0 Å². The molecule has 0 aromatic heterocycles. The number of hydrogen-bond acceptors (Lipinski definition) is 0. The molecule has 0 heteroatoms. The van der Waals surface area contributed by atoms with E-state index in [2.05, 4.69) is 39.8 Å². The number of rotatable bonds is 3. The Kier molecular flexibility index (Phi) is 12.8. The summed E-state index contributed by atoms with van der Waals surface area (Å²) in [5, 5.41) is 0. The number of aryl methyl sites for hydroxylation is 4. The highest BCUT2D eigenvalue weighted by molar-refractivity contribution is 5.38. The number of hydrogen-bond donors (Lipinski definition) is 0. The molecule has 17 heavy (non-hydrogen) atoms. The quantitative estimate of drug-likeness (QED) is 0.628. The van der Waals surface area contributed by atoms with Crippen LogP contribution in [-0.2, 0) is 19.3 Å². The molecule has 0 N–H and O–H groups in total. The maximum Gasteiger partial charge on any atom is -0.0305 e. The smallest absolute Gasteiger partial charge is 0.0305 e. The fraction of sp³-hybridized carbons (Fsp3) is 0.647. The minimum absolute atomic E-state index is 1.16. The van der Waals surface area contributed by atoms with Crippen molar-refractivity contribution in [3.05, 3.63) is 34.4 Å². The van der Waals surface area contributed by atoms with Gasteiger partial charge < -0.3 is 0 Å². The van der Waals surface area contributed by atoms with Crippen molar-refractivity contribution in [3.8, 4) is 0 Å². The molecule has 0 aliphatic carbocycles. The van der Waals surface area contributed by atoms with Crippen LogP contribution in [-0.4, -0.2) is 0 Å². The molecule has 0 amide bonds. The zero-order chi connectivity index (χ0) is 13.8. The van der Waals surface area contributed by atoms with E-state index in [0.29, 0.717) is 0 Å². The maximum atomic E-state index is 2.38. The molecule has 1 rings (SSSR count). The van der Waals surface area contributed by atoms with Gasteiger partial charge in [-0.15, -0.1) is 0 Å². The van der Waals surface area contributed by atoms with Gasteiger partial charge in [-0.25, -0.2) is 0 Å². The van der Waals surface area contributed by atoms with E-state index in [4.69, 9.17) is 0 Å². The van der Waals surface area contributed by atoms with Crippen LogP contribution in [0, 0.1) is 6.92 Å². The molecule has 0 saturated carbocycles. The van der Waals surface area contributed by atoms with Gasteiger partial charge in [-0.3, -0.25) is 0 Å². The lowest BCUT2D eigenvalue weighted by Gasteiger charge is -2.11. The molecule has 0 heterocycles. The van der Waals surface area contributed by atoms with Gasteiger partial charge in [0.25, 0.3) is 0 Å². The molecule has 0 unspecified atom stereocenters. The topological polar surface area (TPSA) is 0 Å². The summed E-state index contributed by atoms with van der Waals surface area (Å²) in [6.07, 6.45) is 3.48. The standard InChI is InChI=1S/C13H20.2C2H6/c1-5-11-9-13(7-3)12(6-2)8-10(11)4;2*1-2/h8-9H,5-7H2,1-4H3;2*1-2H3. The third-order valence-electron chi connectivity index (χ3n) is 2.80. The van der Waals surface area contributed by atoms with Crippen LogP contribution in [0.2, 0.25) is 0 Å². The molecular weight excluding hydrogens is 204 g/mol. The molecular formula is C17H32. The summed E-state index contributed by atoms with van der Waals surface area (Å²) in [6.45, 7) is 16.9. The number of benzene rings is 1. The molecule has 1 aromatic rings. The second kappa shape index (κ2) is 11.7. The van der Waals surface area contributed by atoms with Crippen molar-refractivity contribution >= 4 is 0 Å². The Morgan fingerprint density at radius 2 is 1.00 bits per heavy atom. The predicted molar refractivity (Wildman–Crippen MR) is 82.0 cm³/mol. The summed E-state index contributed by atoms with van der Waals surface area (Å²) in [5.41, 5.74) is 6.02. The molecule has 0 spiro atoms. The Balaban J connectivity index is 0. The van der Waals surface area contributed by atoms with Gasteiger partial charge in [0.2, 0.25) is 0 Å². The molecule has 0 atom stereocenters.